The first-order valence-corrected chi connectivity index (χ1v) is 26.8. The Morgan fingerprint density at radius 2 is 1.01 bits per heavy atom. The summed E-state index contributed by atoms with van der Waals surface area (Å²) in [6.07, 6.45) is 1.09. The summed E-state index contributed by atoms with van der Waals surface area (Å²) in [5.74, 6) is 0.216. The molecule has 0 saturated carbocycles. The maximum Gasteiger partial charge on any atom is 1.00 e. The van der Waals surface area contributed by atoms with E-state index >= 15 is 0 Å². The van der Waals surface area contributed by atoms with Gasteiger partial charge in [-0.05, 0) is 120 Å². The van der Waals surface area contributed by atoms with Crippen LogP contribution in [0.25, 0.3) is 0 Å². The molecule has 0 bridgehead atoms. The van der Waals surface area contributed by atoms with E-state index in [1.165, 1.54) is 12.1 Å². The minimum Gasteiger partial charge on any atom is -1.00 e. The molecule has 0 spiro atoms. The maximum atomic E-state index is 12.3. The van der Waals surface area contributed by atoms with Gasteiger partial charge in [0.1, 0.15) is 11.2 Å². The van der Waals surface area contributed by atoms with Gasteiger partial charge in [-0.15, -0.1) is 0 Å². The predicted octanol–water partition coefficient (Wildman–Crippen LogP) is 2.02. The zero-order valence-corrected chi connectivity index (χ0v) is 52.2. The molecule has 4 rings (SSSR count). The molecule has 0 atom stereocenters. The van der Waals surface area contributed by atoms with E-state index in [4.69, 9.17) is 60.7 Å². The summed E-state index contributed by atoms with van der Waals surface area (Å²) in [6.45, 7) is 35.3. The van der Waals surface area contributed by atoms with Gasteiger partial charge in [0.15, 0.2) is 0 Å². The van der Waals surface area contributed by atoms with Gasteiger partial charge in [-0.1, -0.05) is 24.6 Å². The number of methoxy groups -OCH3 is 4. The summed E-state index contributed by atoms with van der Waals surface area (Å²) < 4.78 is 63.0. The van der Waals surface area contributed by atoms with E-state index in [-0.39, 0.29) is 71.5 Å². The van der Waals surface area contributed by atoms with Crippen molar-refractivity contribution in [2.75, 3.05) is 127 Å². The smallest absolute Gasteiger partial charge is 1.00 e. The van der Waals surface area contributed by atoms with Gasteiger partial charge >= 0.3 is 29.6 Å². The molecular weight excluding hydrogens is 1020 g/mol. The largest absolute Gasteiger partial charge is 1.00 e. The summed E-state index contributed by atoms with van der Waals surface area (Å²) in [5.41, 5.74) is -1.65. The topological polar surface area (TPSA) is 225 Å². The number of amides is 3. The van der Waals surface area contributed by atoms with Crippen molar-refractivity contribution in [2.45, 2.75) is 142 Å². The number of carbonyl (C=O) groups excluding carboxylic acids is 3. The third-order valence-electron chi connectivity index (χ3n) is 10.6. The van der Waals surface area contributed by atoms with E-state index in [9.17, 15) is 22.8 Å². The van der Waals surface area contributed by atoms with Crippen LogP contribution in [0.2, 0.25) is 0 Å². The molecule has 4 N–H and O–H groups in total. The van der Waals surface area contributed by atoms with Crippen molar-refractivity contribution >= 4 is 49.2 Å². The molecule has 1 aromatic carbocycles. The van der Waals surface area contributed by atoms with E-state index in [2.05, 4.69) is 27.6 Å². The number of aryl methyl sites for hydroxylation is 1. The molecule has 0 aromatic heterocycles. The fourth-order valence-corrected chi connectivity index (χ4v) is 8.13. The van der Waals surface area contributed by atoms with E-state index in [0.717, 1.165) is 25.2 Å². The van der Waals surface area contributed by atoms with Crippen LogP contribution in [0.3, 0.4) is 0 Å². The molecule has 0 radical (unpaired) electrons. The van der Waals surface area contributed by atoms with Gasteiger partial charge in [0, 0.05) is 58.8 Å². The molecule has 20 nitrogen and oxygen atoms in total. The molecular formula is C49H95Cl2N6NaO14S. The quantitative estimate of drug-likeness (QED) is 0.0533. The Morgan fingerprint density at radius 3 is 1.30 bits per heavy atom. The Hall–Kier alpha value is -1.32. The SMILES string of the molecule is CC1(C)NC(=O)C(C)(C)N1.CCCOCCOC.COCCOCCN1C(=O)C(C)(C)N(Cl)C1(C)C.COCCOCCN1C(=O)C(C)(C)NC1(C)C.COCCOCCO.Cc1ccc(S(=O)(=O)Cl)cc1.[H-].[Na+]. The minimum absolute atomic E-state index is 0. The number of benzene rings is 1. The van der Waals surface area contributed by atoms with Crippen molar-refractivity contribution in [2.24, 2.45) is 0 Å². The Labute approximate surface area is 472 Å². The number of hydrogen-bond acceptors (Lipinski definition) is 17. The number of hydrogen-bond donors (Lipinski definition) is 4. The van der Waals surface area contributed by atoms with E-state index < -0.39 is 31.3 Å². The number of rotatable bonds is 23. The average molecular weight is 1120 g/mol. The molecule has 0 unspecified atom stereocenters. The molecule has 3 aliphatic heterocycles. The normalized spacial score (nSPS) is 18.5. The van der Waals surface area contributed by atoms with Gasteiger partial charge in [0.2, 0.25) is 17.7 Å². The van der Waals surface area contributed by atoms with Gasteiger partial charge in [-0.2, -0.15) is 4.42 Å². The van der Waals surface area contributed by atoms with Crippen LogP contribution in [0.15, 0.2) is 29.2 Å². The average Bonchev–Trinajstić information content (AvgIpc) is 3.63. The van der Waals surface area contributed by atoms with Crippen LogP contribution in [-0.4, -0.2) is 206 Å². The van der Waals surface area contributed by atoms with Crippen LogP contribution in [0.5, 0.6) is 0 Å². The first-order valence-electron chi connectivity index (χ1n) is 24.1. The van der Waals surface area contributed by atoms with Crippen molar-refractivity contribution in [3.8, 4) is 0 Å². The molecule has 3 aliphatic rings. The second-order valence-corrected chi connectivity index (χ2v) is 22.7. The third kappa shape index (κ3) is 29.9. The molecule has 73 heavy (non-hydrogen) atoms. The number of nitrogens with zero attached hydrogens (tertiary/aromatic N) is 3. The number of ether oxygens (including phenoxy) is 8. The van der Waals surface area contributed by atoms with Gasteiger partial charge < -0.3 is 59.5 Å². The summed E-state index contributed by atoms with van der Waals surface area (Å²) in [6, 6.07) is 6.37. The van der Waals surface area contributed by atoms with Crippen molar-refractivity contribution in [1.82, 2.24) is 30.2 Å². The molecule has 3 heterocycles. The first kappa shape index (κ1) is 75.9. The van der Waals surface area contributed by atoms with Crippen molar-refractivity contribution in [3.63, 3.8) is 0 Å². The fourth-order valence-electron chi connectivity index (χ4n) is 7.19. The van der Waals surface area contributed by atoms with Crippen LogP contribution in [0.4, 0.5) is 0 Å². The third-order valence-corrected chi connectivity index (χ3v) is 12.8. The summed E-state index contributed by atoms with van der Waals surface area (Å²) in [7, 11) is 8.10. The summed E-state index contributed by atoms with van der Waals surface area (Å²) in [4.78, 5) is 39.3. The van der Waals surface area contributed by atoms with Crippen LogP contribution in [0.1, 0.15) is 103 Å². The number of carbonyl (C=O) groups is 3. The Bertz CT molecular complexity index is 1770. The number of aliphatic hydroxyl groups excluding tert-OH is 1. The van der Waals surface area contributed by atoms with E-state index in [1.54, 1.807) is 49.9 Å². The van der Waals surface area contributed by atoms with E-state index in [1.807, 2.05) is 94.9 Å². The van der Waals surface area contributed by atoms with E-state index in [0.29, 0.717) is 79.2 Å². The molecule has 426 valence electrons. The van der Waals surface area contributed by atoms with Crippen LogP contribution in [0, 0.1) is 6.92 Å². The Morgan fingerprint density at radius 1 is 0.603 bits per heavy atom. The Kier molecular flexibility index (Phi) is 39.0. The van der Waals surface area contributed by atoms with Gasteiger partial charge in [-0.25, -0.2) is 8.42 Å². The number of halogens is 2. The molecule has 0 aliphatic carbocycles. The summed E-state index contributed by atoms with van der Waals surface area (Å²) in [5, 5.41) is 17.5. The van der Waals surface area contributed by atoms with Crippen molar-refractivity contribution in [3.05, 3.63) is 29.8 Å². The zero-order chi connectivity index (χ0) is 56.0. The molecule has 1 aromatic rings. The minimum atomic E-state index is -3.55. The second-order valence-electron chi connectivity index (χ2n) is 19.8. The van der Waals surface area contributed by atoms with Crippen molar-refractivity contribution < 1.29 is 96.8 Å². The van der Waals surface area contributed by atoms with Crippen molar-refractivity contribution in [1.29, 1.82) is 0 Å². The standard InChI is InChI=1S/C12H23ClN2O3.C12H24N2O3.C7H7ClO2S.C7H14N2O.C6H14O2.C5H12O3.Na.H/c1-11(2)10(16)14(12(3,4)15(11)13)6-7-18-9-8-17-5;1-11(2)10(15)14(12(3,4)13-11)6-7-17-9-8-16-5;1-6-2-4-7(5-3-6)11(8,9)10;1-6(2)5(10)8-7(3,4)9-6;1-3-4-8-6-5-7-2;1-7-4-5-8-3-2-6;;/h6-9H2,1-5H3;13H,6-9H2,1-5H3;2-5H,1H3;9H,1-4H3,(H,8,10);3-6H2,1-2H3;6H,2-5H2,1H3;;/q;;;;;;+1;-1. The van der Waals surface area contributed by atoms with Gasteiger partial charge in [-0.3, -0.25) is 25.0 Å². The maximum absolute atomic E-state index is 12.3. The number of aliphatic hydroxyl groups is 1. The second kappa shape index (κ2) is 37.5. The first-order chi connectivity index (χ1) is 33.2. The van der Waals surface area contributed by atoms with Crippen LogP contribution >= 0.6 is 22.5 Å². The predicted molar refractivity (Wildman–Crippen MR) is 283 cm³/mol. The van der Waals surface area contributed by atoms with Crippen LogP contribution in [-0.2, 0) is 61.3 Å². The van der Waals surface area contributed by atoms with Gasteiger partial charge in [0.05, 0.1) is 107 Å². The van der Waals surface area contributed by atoms with Crippen LogP contribution < -0.4 is 45.5 Å². The Balaban J connectivity index is -0.000000407. The molecule has 3 saturated heterocycles. The zero-order valence-electron chi connectivity index (χ0n) is 48.9. The monoisotopic (exact) mass is 1120 g/mol. The fraction of sp³-hybridized carbons (Fsp3) is 0.816. The van der Waals surface area contributed by atoms with Gasteiger partial charge in [0.25, 0.3) is 9.05 Å². The molecule has 24 heteroatoms. The molecule has 3 amide bonds. The molecule has 3 fully saturated rings. The summed E-state index contributed by atoms with van der Waals surface area (Å²) >= 11 is 6.26. The number of nitrogens with one attached hydrogen (secondary N) is 3.